The molecule has 0 saturated heterocycles. The average Bonchev–Trinajstić information content (AvgIpc) is 2.07. The fourth-order valence-electron chi connectivity index (χ4n) is 0.969. The van der Waals surface area contributed by atoms with Crippen LogP contribution in [-0.4, -0.2) is 14.3 Å². The third kappa shape index (κ3) is 2.87. The first kappa shape index (κ1) is 12.3. The van der Waals surface area contributed by atoms with Crippen molar-refractivity contribution >= 4 is 21.8 Å². The summed E-state index contributed by atoms with van der Waals surface area (Å²) in [6, 6.07) is 0.949. The predicted octanol–water partition coefficient (Wildman–Crippen LogP) is -0.321. The number of amides is 1. The minimum absolute atomic E-state index is 0.327. The van der Waals surface area contributed by atoms with E-state index in [0.717, 1.165) is 0 Å². The monoisotopic (exact) mass is 251 g/mol. The molecule has 0 radical (unpaired) electrons. The normalized spacial score (nSPS) is 11.2. The van der Waals surface area contributed by atoms with Crippen molar-refractivity contribution in [3.63, 3.8) is 0 Å². The van der Waals surface area contributed by atoms with E-state index in [9.17, 15) is 22.0 Å². The number of anilines is 1. The third-order valence-corrected chi connectivity index (χ3v) is 2.08. The highest BCUT2D eigenvalue weighted by Crippen LogP contribution is 2.19. The minimum atomic E-state index is -4.22. The van der Waals surface area contributed by atoms with Gasteiger partial charge in [0.15, 0.2) is 0 Å². The second kappa shape index (κ2) is 4.02. The molecule has 0 spiro atoms. The van der Waals surface area contributed by atoms with Crippen LogP contribution in [-0.2, 0) is 10.2 Å². The summed E-state index contributed by atoms with van der Waals surface area (Å²) in [5, 5.41) is 4.59. The number of rotatable bonds is 3. The fraction of sp³-hybridized carbons (Fsp3) is 0. The van der Waals surface area contributed by atoms with Crippen LogP contribution in [0.15, 0.2) is 12.1 Å². The molecule has 0 aromatic heterocycles. The molecule has 0 aliphatic carbocycles. The largest absolute Gasteiger partial charge is 0.366 e. The van der Waals surface area contributed by atoms with E-state index in [1.165, 1.54) is 0 Å². The quantitative estimate of drug-likeness (QED) is 0.683. The number of halogens is 2. The summed E-state index contributed by atoms with van der Waals surface area (Å²) >= 11 is 0. The molecule has 0 atom stereocenters. The van der Waals surface area contributed by atoms with Gasteiger partial charge in [0.05, 0.1) is 11.3 Å². The van der Waals surface area contributed by atoms with E-state index in [0.29, 0.717) is 12.1 Å². The van der Waals surface area contributed by atoms with Crippen molar-refractivity contribution in [2.24, 2.45) is 10.9 Å². The van der Waals surface area contributed by atoms with Crippen molar-refractivity contribution in [2.75, 3.05) is 4.72 Å². The zero-order chi connectivity index (χ0) is 12.5. The lowest BCUT2D eigenvalue weighted by atomic mass is 10.2. The summed E-state index contributed by atoms with van der Waals surface area (Å²) in [4.78, 5) is 10.7. The Kier molecular flexibility index (Phi) is 3.10. The van der Waals surface area contributed by atoms with Crippen molar-refractivity contribution in [3.8, 4) is 0 Å². The highest BCUT2D eigenvalue weighted by Gasteiger charge is 2.15. The molecule has 0 aliphatic rings. The summed E-state index contributed by atoms with van der Waals surface area (Å²) in [7, 11) is -4.22. The maximum Gasteiger partial charge on any atom is 0.296 e. The summed E-state index contributed by atoms with van der Waals surface area (Å²) in [5.41, 5.74) is 3.49. The Balaban J connectivity index is 3.31. The molecule has 1 rings (SSSR count). The standard InChI is InChI=1S/C7H7F2N3O3S/c8-4-2-5(9)6(12-16(11,14)15)1-3(4)7(10)13/h1-2,12H,(H2,10,13)(H2,11,14,15). The number of carbonyl (C=O) groups excluding carboxylic acids is 1. The maximum absolute atomic E-state index is 13.0. The van der Waals surface area contributed by atoms with Gasteiger partial charge in [0.25, 0.3) is 16.1 Å². The Morgan fingerprint density at radius 3 is 2.25 bits per heavy atom. The Morgan fingerprint density at radius 1 is 1.25 bits per heavy atom. The topological polar surface area (TPSA) is 115 Å². The van der Waals surface area contributed by atoms with E-state index in [2.05, 4.69) is 5.14 Å². The second-order valence-electron chi connectivity index (χ2n) is 2.82. The van der Waals surface area contributed by atoms with Gasteiger partial charge in [-0.3, -0.25) is 9.52 Å². The van der Waals surface area contributed by atoms with E-state index in [4.69, 9.17) is 5.73 Å². The van der Waals surface area contributed by atoms with Gasteiger partial charge in [0.2, 0.25) is 0 Å². The average molecular weight is 251 g/mol. The summed E-state index contributed by atoms with van der Waals surface area (Å²) < 4.78 is 48.8. The SMILES string of the molecule is NC(=O)c1cc(NS(N)(=O)=O)c(F)cc1F. The van der Waals surface area contributed by atoms with Gasteiger partial charge in [-0.15, -0.1) is 0 Å². The van der Waals surface area contributed by atoms with Crippen LogP contribution in [0.1, 0.15) is 10.4 Å². The number of hydrogen-bond acceptors (Lipinski definition) is 3. The molecule has 6 nitrogen and oxygen atoms in total. The summed E-state index contributed by atoms with van der Waals surface area (Å²) in [6.07, 6.45) is 0. The molecule has 0 unspecified atom stereocenters. The van der Waals surface area contributed by atoms with Gasteiger partial charge in [-0.05, 0) is 6.07 Å². The molecule has 9 heteroatoms. The Hall–Kier alpha value is -1.74. The van der Waals surface area contributed by atoms with Crippen LogP contribution in [0.3, 0.4) is 0 Å². The zero-order valence-electron chi connectivity index (χ0n) is 7.70. The van der Waals surface area contributed by atoms with Crippen LogP contribution < -0.4 is 15.6 Å². The maximum atomic E-state index is 13.0. The first-order chi connectivity index (χ1) is 7.20. The first-order valence-electron chi connectivity index (χ1n) is 3.80. The molecule has 0 heterocycles. The van der Waals surface area contributed by atoms with Crippen LogP contribution in [0.5, 0.6) is 0 Å². The summed E-state index contributed by atoms with van der Waals surface area (Å²) in [5.74, 6) is -3.56. The molecule has 1 amide bonds. The van der Waals surface area contributed by atoms with Gasteiger partial charge in [-0.25, -0.2) is 13.9 Å². The van der Waals surface area contributed by atoms with Gasteiger partial charge >= 0.3 is 0 Å². The lowest BCUT2D eigenvalue weighted by Gasteiger charge is -2.07. The molecule has 0 fully saturated rings. The molecular formula is C7H7F2N3O3S. The van der Waals surface area contributed by atoms with Crippen LogP contribution >= 0.6 is 0 Å². The third-order valence-electron chi connectivity index (χ3n) is 1.57. The van der Waals surface area contributed by atoms with E-state index >= 15 is 0 Å². The molecule has 0 bridgehead atoms. The van der Waals surface area contributed by atoms with Gasteiger partial charge in [0.1, 0.15) is 11.6 Å². The fourth-order valence-corrected chi connectivity index (χ4v) is 1.43. The smallest absolute Gasteiger partial charge is 0.296 e. The number of hydrogen-bond donors (Lipinski definition) is 3. The predicted molar refractivity (Wildman–Crippen MR) is 51.6 cm³/mol. The number of benzene rings is 1. The molecular weight excluding hydrogens is 244 g/mol. The Labute approximate surface area is 89.4 Å². The zero-order valence-corrected chi connectivity index (χ0v) is 8.51. The van der Waals surface area contributed by atoms with Crippen molar-refractivity contribution in [3.05, 3.63) is 29.3 Å². The molecule has 16 heavy (non-hydrogen) atoms. The van der Waals surface area contributed by atoms with Crippen LogP contribution in [0, 0.1) is 11.6 Å². The van der Waals surface area contributed by atoms with Crippen molar-refractivity contribution in [2.45, 2.75) is 0 Å². The Bertz CT molecular complexity index is 544. The number of nitrogens with one attached hydrogen (secondary N) is 1. The lowest BCUT2D eigenvalue weighted by Crippen LogP contribution is -2.23. The second-order valence-corrected chi connectivity index (χ2v) is 4.12. The minimum Gasteiger partial charge on any atom is -0.366 e. The number of carbonyl (C=O) groups is 1. The van der Waals surface area contributed by atoms with E-state index in [1.807, 2.05) is 0 Å². The highest BCUT2D eigenvalue weighted by molar-refractivity contribution is 7.90. The molecule has 1 aromatic carbocycles. The van der Waals surface area contributed by atoms with E-state index in [1.54, 1.807) is 4.72 Å². The van der Waals surface area contributed by atoms with Crippen molar-refractivity contribution in [1.29, 1.82) is 0 Å². The molecule has 1 aromatic rings. The molecule has 0 saturated carbocycles. The Morgan fingerprint density at radius 2 is 1.81 bits per heavy atom. The molecule has 0 aliphatic heterocycles. The van der Waals surface area contributed by atoms with Crippen LogP contribution in [0.25, 0.3) is 0 Å². The van der Waals surface area contributed by atoms with Crippen LogP contribution in [0.2, 0.25) is 0 Å². The van der Waals surface area contributed by atoms with Gasteiger partial charge in [0, 0.05) is 6.07 Å². The van der Waals surface area contributed by atoms with Crippen molar-refractivity contribution < 1.29 is 22.0 Å². The van der Waals surface area contributed by atoms with Crippen molar-refractivity contribution in [1.82, 2.24) is 0 Å². The van der Waals surface area contributed by atoms with E-state index in [-0.39, 0.29) is 0 Å². The number of primary amides is 1. The van der Waals surface area contributed by atoms with E-state index < -0.39 is 39.0 Å². The first-order valence-corrected chi connectivity index (χ1v) is 5.34. The molecule has 88 valence electrons. The van der Waals surface area contributed by atoms with Gasteiger partial charge in [-0.1, -0.05) is 0 Å². The lowest BCUT2D eigenvalue weighted by molar-refractivity contribution is 0.0996. The van der Waals surface area contributed by atoms with Gasteiger partial charge < -0.3 is 5.73 Å². The highest BCUT2D eigenvalue weighted by atomic mass is 32.2. The van der Waals surface area contributed by atoms with Gasteiger partial charge in [-0.2, -0.15) is 8.42 Å². The molecule has 5 N–H and O–H groups in total. The number of nitrogens with two attached hydrogens (primary N) is 2. The summed E-state index contributed by atoms with van der Waals surface area (Å²) in [6.45, 7) is 0. The van der Waals surface area contributed by atoms with Crippen LogP contribution in [0.4, 0.5) is 14.5 Å².